The topological polar surface area (TPSA) is 43.4 Å². The lowest BCUT2D eigenvalue weighted by molar-refractivity contribution is -0.131. The minimum absolute atomic E-state index is 0.215. The molecule has 0 aliphatic carbocycles. The molecule has 0 amide bonds. The molecular weight excluding hydrogens is 395 g/mol. The smallest absolute Gasteiger partial charge is 0.323 e. The number of rotatable bonds is 11. The van der Waals surface area contributed by atoms with E-state index in [1.165, 1.54) is 0 Å². The molecule has 0 fully saturated rings. The Bertz CT molecular complexity index is 520. The maximum absolute atomic E-state index is 13.4. The van der Waals surface area contributed by atoms with E-state index in [-0.39, 0.29) is 6.08 Å². The molecular formula is C12H15F9O3S. The summed E-state index contributed by atoms with van der Waals surface area (Å²) in [6, 6.07) is 0. The number of allylic oxidation sites excluding steroid dienone is 1. The van der Waals surface area contributed by atoms with Gasteiger partial charge >= 0.3 is 10.2 Å². The van der Waals surface area contributed by atoms with Crippen LogP contribution in [0.15, 0.2) is 12.7 Å². The van der Waals surface area contributed by atoms with Gasteiger partial charge in [-0.2, -0.15) is 8.42 Å². The molecule has 0 heterocycles. The van der Waals surface area contributed by atoms with E-state index in [4.69, 9.17) is 0 Å². The maximum Gasteiger partial charge on any atom is 0.329 e. The molecule has 0 aromatic carbocycles. The Hall–Kier alpha value is -0.980. The first kappa shape index (κ1) is 24.0. The minimum atomic E-state index is -5.51. The van der Waals surface area contributed by atoms with Crippen molar-refractivity contribution in [1.29, 1.82) is 0 Å². The zero-order valence-electron chi connectivity index (χ0n) is 12.5. The lowest BCUT2D eigenvalue weighted by atomic mass is 9.99. The van der Waals surface area contributed by atoms with E-state index in [2.05, 4.69) is 11.3 Å². The second kappa shape index (κ2) is 9.64. The molecule has 0 saturated carbocycles. The van der Waals surface area contributed by atoms with Crippen molar-refractivity contribution >= 4 is 10.2 Å². The van der Waals surface area contributed by atoms with Crippen LogP contribution in [0.4, 0.5) is 39.0 Å². The molecule has 150 valence electrons. The van der Waals surface area contributed by atoms with E-state index in [1.54, 1.807) is 0 Å². The first-order valence-electron chi connectivity index (χ1n) is 6.59. The third kappa shape index (κ3) is 6.68. The predicted octanol–water partition coefficient (Wildman–Crippen LogP) is 3.50. The van der Waals surface area contributed by atoms with Crippen molar-refractivity contribution in [2.45, 2.75) is 61.9 Å². The van der Waals surface area contributed by atoms with Crippen LogP contribution in [0.3, 0.4) is 0 Å². The van der Waals surface area contributed by atoms with Crippen molar-refractivity contribution < 1.29 is 52.2 Å². The van der Waals surface area contributed by atoms with Gasteiger partial charge < -0.3 is 4.74 Å². The van der Waals surface area contributed by atoms with E-state index < -0.39 is 65.2 Å². The maximum atomic E-state index is 13.4. The highest BCUT2D eigenvalue weighted by atomic mass is 32.3. The molecule has 0 rings (SSSR count). The number of ether oxygens (including phenoxy) is 1. The molecule has 3 nitrogen and oxygen atoms in total. The Balaban J connectivity index is 4.95. The van der Waals surface area contributed by atoms with Crippen LogP contribution in [0.1, 0.15) is 6.92 Å². The van der Waals surface area contributed by atoms with Gasteiger partial charge in [-0.15, -0.1) is 10.5 Å². The molecule has 0 N–H and O–H groups in total. The summed E-state index contributed by atoms with van der Waals surface area (Å²) in [6.07, 6.45) is -28.0. The molecule has 0 aromatic rings. The second-order valence-corrected chi connectivity index (χ2v) is 6.49. The molecule has 0 aliphatic rings. The molecule has 0 radical (unpaired) electrons. The molecule has 25 heavy (non-hydrogen) atoms. The van der Waals surface area contributed by atoms with E-state index in [0.29, 0.717) is 6.92 Å². The molecule has 9 atom stereocenters. The molecule has 0 aliphatic heterocycles. The van der Waals surface area contributed by atoms with Gasteiger partial charge in [-0.25, -0.2) is 35.1 Å². The van der Waals surface area contributed by atoms with Crippen LogP contribution in [0.2, 0.25) is 0 Å². The fraction of sp³-hybridized carbons (Fsp3) is 0.833. The standard InChI is InChI=1S/C12H15F9O3S/c1-3-5(13)6(14)7(15)8(16)9(17)10(18)11(19)12(20)24-4(2)25(21,22)23/h3-12H,1H2,2H3. The van der Waals surface area contributed by atoms with Crippen LogP contribution >= 0.6 is 0 Å². The first-order valence-corrected chi connectivity index (χ1v) is 8.04. The molecule has 0 saturated heterocycles. The van der Waals surface area contributed by atoms with E-state index in [1.807, 2.05) is 0 Å². The highest BCUT2D eigenvalue weighted by Crippen LogP contribution is 2.28. The molecule has 0 spiro atoms. The third-order valence-electron chi connectivity index (χ3n) is 3.02. The van der Waals surface area contributed by atoms with Crippen molar-refractivity contribution in [2.24, 2.45) is 0 Å². The van der Waals surface area contributed by atoms with Crippen LogP contribution in [0.25, 0.3) is 0 Å². The van der Waals surface area contributed by atoms with Gasteiger partial charge in [0, 0.05) is 0 Å². The SMILES string of the molecule is C=CC(F)C(F)C(F)C(F)C(F)C(F)C(F)C(F)OC(C)S(=O)(=O)F. The Morgan fingerprint density at radius 3 is 1.52 bits per heavy atom. The largest absolute Gasteiger partial charge is 0.329 e. The van der Waals surface area contributed by atoms with Gasteiger partial charge in [0.05, 0.1) is 0 Å². The van der Waals surface area contributed by atoms with Crippen LogP contribution in [0, 0.1) is 0 Å². The summed E-state index contributed by atoms with van der Waals surface area (Å²) in [7, 11) is -5.51. The van der Waals surface area contributed by atoms with E-state index in [0.717, 1.165) is 0 Å². The zero-order valence-corrected chi connectivity index (χ0v) is 13.3. The van der Waals surface area contributed by atoms with Crippen molar-refractivity contribution in [3.05, 3.63) is 12.7 Å². The Morgan fingerprint density at radius 1 is 0.800 bits per heavy atom. The zero-order chi connectivity index (χ0) is 20.1. The van der Waals surface area contributed by atoms with Gasteiger partial charge in [0.15, 0.2) is 48.6 Å². The van der Waals surface area contributed by atoms with Crippen LogP contribution in [-0.2, 0) is 15.0 Å². The van der Waals surface area contributed by atoms with Gasteiger partial charge in [-0.1, -0.05) is 6.08 Å². The summed E-state index contributed by atoms with van der Waals surface area (Å²) in [4.78, 5) is 0. The number of hydrogen-bond donors (Lipinski definition) is 0. The molecule has 0 aromatic heterocycles. The number of hydrogen-bond acceptors (Lipinski definition) is 3. The summed E-state index contributed by atoms with van der Waals surface area (Å²) in [5.74, 6) is 0. The average molecular weight is 410 g/mol. The molecule has 9 unspecified atom stereocenters. The lowest BCUT2D eigenvalue weighted by Gasteiger charge is -2.26. The lowest BCUT2D eigenvalue weighted by Crippen LogP contribution is -2.47. The normalized spacial score (nSPS) is 23.6. The van der Waals surface area contributed by atoms with E-state index >= 15 is 0 Å². The van der Waals surface area contributed by atoms with Gasteiger partial charge in [0.1, 0.15) is 0 Å². The summed E-state index contributed by atoms with van der Waals surface area (Å²) >= 11 is 0. The Kier molecular flexibility index (Phi) is 9.27. The molecule has 0 bridgehead atoms. The highest BCUT2D eigenvalue weighted by molar-refractivity contribution is 7.86. The van der Waals surface area contributed by atoms with Crippen molar-refractivity contribution in [1.82, 2.24) is 0 Å². The Labute approximate surface area is 138 Å². The highest BCUT2D eigenvalue weighted by Gasteiger charge is 2.47. The quantitative estimate of drug-likeness (QED) is 0.298. The number of alkyl halides is 8. The first-order chi connectivity index (χ1) is 11.3. The summed E-state index contributed by atoms with van der Waals surface area (Å²) in [6.45, 7) is 3.12. The van der Waals surface area contributed by atoms with Crippen molar-refractivity contribution in [3.8, 4) is 0 Å². The van der Waals surface area contributed by atoms with Crippen LogP contribution < -0.4 is 0 Å². The third-order valence-corrected chi connectivity index (χ3v) is 3.92. The molecule has 13 heteroatoms. The summed E-state index contributed by atoms with van der Waals surface area (Å²) in [5.41, 5.74) is -2.60. The van der Waals surface area contributed by atoms with Crippen LogP contribution in [0.5, 0.6) is 0 Å². The van der Waals surface area contributed by atoms with E-state index in [9.17, 15) is 47.4 Å². The fourth-order valence-corrected chi connectivity index (χ4v) is 1.72. The monoisotopic (exact) mass is 410 g/mol. The predicted molar refractivity (Wildman–Crippen MR) is 69.9 cm³/mol. The summed E-state index contributed by atoms with van der Waals surface area (Å²) in [5, 5.41) is 0. The van der Waals surface area contributed by atoms with Gasteiger partial charge in [-0.3, -0.25) is 0 Å². The van der Waals surface area contributed by atoms with Gasteiger partial charge in [-0.05, 0) is 6.92 Å². The van der Waals surface area contributed by atoms with Gasteiger partial charge in [0.25, 0.3) is 0 Å². The summed E-state index contributed by atoms with van der Waals surface area (Å²) < 4.78 is 142. The van der Waals surface area contributed by atoms with Crippen molar-refractivity contribution in [2.75, 3.05) is 0 Å². The second-order valence-electron chi connectivity index (χ2n) is 4.88. The van der Waals surface area contributed by atoms with Crippen molar-refractivity contribution in [3.63, 3.8) is 0 Å². The van der Waals surface area contributed by atoms with Gasteiger partial charge in [0.2, 0.25) is 6.36 Å². The minimum Gasteiger partial charge on any atom is -0.323 e. The Morgan fingerprint density at radius 2 is 1.16 bits per heavy atom. The van der Waals surface area contributed by atoms with Crippen LogP contribution in [-0.4, -0.2) is 63.4 Å². The average Bonchev–Trinajstić information content (AvgIpc) is 2.55. The fourth-order valence-electron chi connectivity index (χ4n) is 1.48. The number of halogens is 9.